The summed E-state index contributed by atoms with van der Waals surface area (Å²) in [4.78, 5) is 12.9. The Kier molecular flexibility index (Phi) is 6.00. The number of hydrogen-bond donors (Lipinski definition) is 0. The third kappa shape index (κ3) is 4.44. The molecule has 0 spiro atoms. The van der Waals surface area contributed by atoms with Crippen molar-refractivity contribution in [3.05, 3.63) is 87.1 Å². The van der Waals surface area contributed by atoms with Gasteiger partial charge in [0.15, 0.2) is 17.3 Å². The molecule has 1 heterocycles. The number of fused-ring (bicyclic) bond motifs is 1. The molecule has 1 aliphatic heterocycles. The van der Waals surface area contributed by atoms with E-state index in [0.717, 1.165) is 21.2 Å². The molecule has 0 radical (unpaired) electrons. The first-order chi connectivity index (χ1) is 15.0. The van der Waals surface area contributed by atoms with E-state index in [1.54, 1.807) is 38.5 Å². The van der Waals surface area contributed by atoms with E-state index in [1.807, 2.05) is 43.3 Å². The Hall–Kier alpha value is -3.25. The third-order valence-electron chi connectivity index (χ3n) is 4.97. The van der Waals surface area contributed by atoms with Gasteiger partial charge in [0.1, 0.15) is 18.1 Å². The van der Waals surface area contributed by atoms with Crippen LogP contribution >= 0.6 is 15.9 Å². The summed E-state index contributed by atoms with van der Waals surface area (Å²) in [7, 11) is 3.15. The Morgan fingerprint density at radius 2 is 1.71 bits per heavy atom. The number of ketones is 1. The second-order valence-electron chi connectivity index (χ2n) is 7.08. The highest BCUT2D eigenvalue weighted by Gasteiger charge is 2.30. The van der Waals surface area contributed by atoms with E-state index >= 15 is 0 Å². The summed E-state index contributed by atoms with van der Waals surface area (Å²) in [5, 5.41) is 0. The standard InChI is InChI=1S/C25H21BrO5/c1-15-10-19(30-14-16-4-7-18(26)8-5-16)13-22-24(15)25(27)23(31-22)12-17-6-9-20(28-2)21(11-17)29-3/h4-13H,14H2,1-3H3/b23-12-. The minimum Gasteiger partial charge on any atom is -0.493 e. The van der Waals surface area contributed by atoms with Gasteiger partial charge >= 0.3 is 0 Å². The zero-order valence-electron chi connectivity index (χ0n) is 17.4. The highest BCUT2D eigenvalue weighted by Crippen LogP contribution is 2.38. The predicted octanol–water partition coefficient (Wildman–Crippen LogP) is 5.97. The van der Waals surface area contributed by atoms with Crippen LogP contribution in [0.15, 0.2) is 64.8 Å². The SMILES string of the molecule is COc1ccc(/C=C2\Oc3cc(OCc4ccc(Br)cc4)cc(C)c3C2=O)cc1OC. The van der Waals surface area contributed by atoms with Crippen molar-refractivity contribution in [1.29, 1.82) is 0 Å². The van der Waals surface area contributed by atoms with Gasteiger partial charge in [-0.15, -0.1) is 0 Å². The Balaban J connectivity index is 1.56. The quantitative estimate of drug-likeness (QED) is 0.406. The monoisotopic (exact) mass is 480 g/mol. The zero-order chi connectivity index (χ0) is 22.0. The Morgan fingerprint density at radius 3 is 2.42 bits per heavy atom. The van der Waals surface area contributed by atoms with Gasteiger partial charge in [0.2, 0.25) is 5.78 Å². The Bertz CT molecular complexity index is 1170. The second kappa shape index (κ2) is 8.86. The summed E-state index contributed by atoms with van der Waals surface area (Å²) in [6.45, 7) is 2.31. The van der Waals surface area contributed by atoms with Crippen LogP contribution in [0.3, 0.4) is 0 Å². The number of aryl methyl sites for hydroxylation is 1. The first-order valence-corrected chi connectivity index (χ1v) is 10.5. The number of halogens is 1. The highest BCUT2D eigenvalue weighted by atomic mass is 79.9. The number of Topliss-reactive ketones (excluding diaryl/α,β-unsaturated/α-hetero) is 1. The fourth-order valence-corrected chi connectivity index (χ4v) is 3.67. The first-order valence-electron chi connectivity index (χ1n) is 9.66. The largest absolute Gasteiger partial charge is 0.493 e. The van der Waals surface area contributed by atoms with Crippen LogP contribution in [0.5, 0.6) is 23.0 Å². The van der Waals surface area contributed by atoms with Crippen molar-refractivity contribution >= 4 is 27.8 Å². The Labute approximate surface area is 189 Å². The maximum Gasteiger partial charge on any atom is 0.232 e. The molecule has 0 amide bonds. The lowest BCUT2D eigenvalue weighted by Gasteiger charge is -2.09. The number of allylic oxidation sites excluding steroid dienone is 1. The predicted molar refractivity (Wildman–Crippen MR) is 122 cm³/mol. The summed E-state index contributed by atoms with van der Waals surface area (Å²) in [6.07, 6.45) is 1.70. The average molecular weight is 481 g/mol. The van der Waals surface area contributed by atoms with Crippen LogP contribution in [0, 0.1) is 6.92 Å². The molecule has 31 heavy (non-hydrogen) atoms. The van der Waals surface area contributed by atoms with Gasteiger partial charge in [-0.05, 0) is 60.0 Å². The molecule has 0 saturated carbocycles. The topological polar surface area (TPSA) is 54.0 Å². The number of benzene rings is 3. The van der Waals surface area contributed by atoms with E-state index in [9.17, 15) is 4.79 Å². The van der Waals surface area contributed by atoms with Crippen LogP contribution in [0.1, 0.15) is 27.0 Å². The lowest BCUT2D eigenvalue weighted by molar-refractivity contribution is 0.101. The molecule has 0 aliphatic carbocycles. The molecule has 4 rings (SSSR count). The minimum atomic E-state index is -0.151. The summed E-state index contributed by atoms with van der Waals surface area (Å²) in [6, 6.07) is 17.0. The summed E-state index contributed by atoms with van der Waals surface area (Å²) < 4.78 is 23.4. The molecule has 1 aliphatic rings. The van der Waals surface area contributed by atoms with Gasteiger partial charge in [0.25, 0.3) is 0 Å². The molecule has 0 fully saturated rings. The van der Waals surface area contributed by atoms with Crippen molar-refractivity contribution in [2.75, 3.05) is 14.2 Å². The van der Waals surface area contributed by atoms with Crippen LogP contribution in [0.25, 0.3) is 6.08 Å². The number of rotatable bonds is 6. The summed E-state index contributed by atoms with van der Waals surface area (Å²) in [5.41, 5.74) is 3.19. The molecular formula is C25H21BrO5. The molecule has 3 aromatic carbocycles. The van der Waals surface area contributed by atoms with Crippen LogP contribution in [-0.4, -0.2) is 20.0 Å². The molecular weight excluding hydrogens is 460 g/mol. The molecule has 3 aromatic rings. The van der Waals surface area contributed by atoms with E-state index < -0.39 is 0 Å². The molecule has 0 aromatic heterocycles. The summed E-state index contributed by atoms with van der Waals surface area (Å²) in [5.74, 6) is 2.47. The van der Waals surface area contributed by atoms with Crippen LogP contribution in [0.4, 0.5) is 0 Å². The molecule has 6 heteroatoms. The minimum absolute atomic E-state index is 0.151. The van der Waals surface area contributed by atoms with Gasteiger partial charge in [-0.3, -0.25) is 4.79 Å². The number of carbonyl (C=O) groups is 1. The van der Waals surface area contributed by atoms with E-state index in [-0.39, 0.29) is 11.5 Å². The number of methoxy groups -OCH3 is 2. The fraction of sp³-hybridized carbons (Fsp3) is 0.160. The second-order valence-corrected chi connectivity index (χ2v) is 8.00. The van der Waals surface area contributed by atoms with Crippen molar-refractivity contribution in [1.82, 2.24) is 0 Å². The number of hydrogen-bond acceptors (Lipinski definition) is 5. The van der Waals surface area contributed by atoms with Gasteiger partial charge in [-0.1, -0.05) is 34.1 Å². The van der Waals surface area contributed by atoms with E-state index in [1.165, 1.54) is 0 Å². The maximum atomic E-state index is 12.9. The Morgan fingerprint density at radius 1 is 0.968 bits per heavy atom. The summed E-state index contributed by atoms with van der Waals surface area (Å²) >= 11 is 3.43. The molecule has 0 bridgehead atoms. The van der Waals surface area contributed by atoms with E-state index in [2.05, 4.69) is 15.9 Å². The van der Waals surface area contributed by atoms with Gasteiger partial charge in [0.05, 0.1) is 19.8 Å². The molecule has 0 unspecified atom stereocenters. The van der Waals surface area contributed by atoms with Crippen molar-refractivity contribution in [3.63, 3.8) is 0 Å². The van der Waals surface area contributed by atoms with E-state index in [4.69, 9.17) is 18.9 Å². The van der Waals surface area contributed by atoms with Crippen LogP contribution in [0.2, 0.25) is 0 Å². The molecule has 158 valence electrons. The number of carbonyl (C=O) groups excluding carboxylic acids is 1. The average Bonchev–Trinajstić information content (AvgIpc) is 3.08. The van der Waals surface area contributed by atoms with Gasteiger partial charge in [0, 0.05) is 10.5 Å². The first kappa shape index (κ1) is 21.0. The zero-order valence-corrected chi connectivity index (χ0v) is 19.0. The van der Waals surface area contributed by atoms with Crippen molar-refractivity contribution in [2.45, 2.75) is 13.5 Å². The molecule has 0 N–H and O–H groups in total. The normalized spacial score (nSPS) is 13.7. The highest BCUT2D eigenvalue weighted by molar-refractivity contribution is 9.10. The van der Waals surface area contributed by atoms with Crippen LogP contribution in [-0.2, 0) is 6.61 Å². The lowest BCUT2D eigenvalue weighted by Crippen LogP contribution is -2.00. The fourth-order valence-electron chi connectivity index (χ4n) is 3.40. The smallest absolute Gasteiger partial charge is 0.232 e. The van der Waals surface area contributed by atoms with Crippen molar-refractivity contribution < 1.29 is 23.7 Å². The third-order valence-corrected chi connectivity index (χ3v) is 5.50. The molecule has 5 nitrogen and oxygen atoms in total. The molecule has 0 saturated heterocycles. The van der Waals surface area contributed by atoms with Crippen molar-refractivity contribution in [2.24, 2.45) is 0 Å². The van der Waals surface area contributed by atoms with E-state index in [0.29, 0.717) is 35.2 Å². The lowest BCUT2D eigenvalue weighted by atomic mass is 10.0. The maximum absolute atomic E-state index is 12.9. The van der Waals surface area contributed by atoms with Crippen LogP contribution < -0.4 is 18.9 Å². The van der Waals surface area contributed by atoms with Gasteiger partial charge in [-0.2, -0.15) is 0 Å². The van der Waals surface area contributed by atoms with Gasteiger partial charge < -0.3 is 18.9 Å². The molecule has 0 atom stereocenters. The van der Waals surface area contributed by atoms with Crippen molar-refractivity contribution in [3.8, 4) is 23.0 Å². The number of ether oxygens (including phenoxy) is 4. The van der Waals surface area contributed by atoms with Gasteiger partial charge in [-0.25, -0.2) is 0 Å².